The fourth-order valence-electron chi connectivity index (χ4n) is 6.25. The number of nitrogens with zero attached hydrogens (tertiary/aromatic N) is 2. The Kier molecular flexibility index (Phi) is 7.11. The fourth-order valence-corrected chi connectivity index (χ4v) is 8.24. The zero-order chi connectivity index (χ0) is 26.3. The average Bonchev–Trinajstić information content (AvgIpc) is 3.26. The predicted octanol–water partition coefficient (Wildman–Crippen LogP) is 2.81. The number of carbonyl (C=O) groups excluding carboxylic acids is 3. The summed E-state index contributed by atoms with van der Waals surface area (Å²) in [6.07, 6.45) is 9.07. The molecule has 5 rings (SSSR count). The first-order valence-electron chi connectivity index (χ1n) is 12.9. The monoisotopic (exact) mass is 526 g/mol. The third-order valence-corrected chi connectivity index (χ3v) is 9.53. The number of aliphatic hydroxyl groups excluding tert-OH is 1. The van der Waals surface area contributed by atoms with Crippen LogP contribution in [0, 0.1) is 17.8 Å². The van der Waals surface area contributed by atoms with Gasteiger partial charge in [0.1, 0.15) is 11.8 Å². The van der Waals surface area contributed by atoms with Gasteiger partial charge in [0.2, 0.25) is 5.91 Å². The van der Waals surface area contributed by atoms with Crippen molar-refractivity contribution in [3.63, 3.8) is 0 Å². The second kappa shape index (κ2) is 10.2. The maximum Gasteiger partial charge on any atom is 0.311 e. The van der Waals surface area contributed by atoms with Crippen LogP contribution in [0.4, 0.5) is 5.69 Å². The van der Waals surface area contributed by atoms with Crippen LogP contribution in [0.15, 0.2) is 48.6 Å². The molecule has 37 heavy (non-hydrogen) atoms. The van der Waals surface area contributed by atoms with Gasteiger partial charge < -0.3 is 24.4 Å². The van der Waals surface area contributed by atoms with Gasteiger partial charge in [0.05, 0.1) is 42.9 Å². The van der Waals surface area contributed by atoms with E-state index in [1.54, 1.807) is 29.0 Å². The summed E-state index contributed by atoms with van der Waals surface area (Å²) < 4.78 is 9.87. The number of thioether (sulfide) groups is 1. The molecule has 0 bridgehead atoms. The molecule has 198 valence electrons. The molecule has 2 fully saturated rings. The molecule has 1 spiro atoms. The van der Waals surface area contributed by atoms with Crippen molar-refractivity contribution in [3.05, 3.63) is 48.6 Å². The highest BCUT2D eigenvalue weighted by Crippen LogP contribution is 2.61. The van der Waals surface area contributed by atoms with Crippen molar-refractivity contribution in [2.75, 3.05) is 31.8 Å². The number of esters is 1. The van der Waals surface area contributed by atoms with Crippen molar-refractivity contribution in [3.8, 4) is 5.75 Å². The van der Waals surface area contributed by atoms with Crippen molar-refractivity contribution in [1.82, 2.24) is 4.90 Å². The maximum atomic E-state index is 14.4. The van der Waals surface area contributed by atoms with E-state index in [9.17, 15) is 19.5 Å². The number of ether oxygens (including phenoxy) is 2. The van der Waals surface area contributed by atoms with E-state index in [2.05, 4.69) is 0 Å². The standard InChI is InChI=1S/C28H34N2O6S/c1-17(2)15-19(16-31)30-24-26(33)29(18-8-10-20(35-3)11-9-18)13-6-12-28(24)23(25(30)32)22-21(37-28)7-4-5-14-36-27(22)34/h4,6-12,17,19,21-24,31H,5,13-16H2,1-3H3/t19-,21-,22+,23+,24?,28+/m1/s1. The zero-order valence-corrected chi connectivity index (χ0v) is 22.2. The number of rotatable bonds is 6. The van der Waals surface area contributed by atoms with Crippen LogP contribution < -0.4 is 9.64 Å². The molecule has 4 aliphatic heterocycles. The number of likely N-dealkylation sites (tertiary alicyclic amines) is 1. The van der Waals surface area contributed by atoms with Crippen LogP contribution in [-0.2, 0) is 19.1 Å². The molecule has 2 amide bonds. The van der Waals surface area contributed by atoms with Gasteiger partial charge in [0, 0.05) is 17.5 Å². The average molecular weight is 527 g/mol. The Labute approximate surface area is 221 Å². The SMILES string of the molecule is COc1ccc(N2CC=C[C@]34S[C@@H]5C=CCCOC(=O)[C@@H]5[C@H]3C(=O)N([C@@H](CO)CC(C)C)C4C2=O)cc1. The van der Waals surface area contributed by atoms with Gasteiger partial charge in [-0.3, -0.25) is 14.4 Å². The summed E-state index contributed by atoms with van der Waals surface area (Å²) in [5.41, 5.74) is 0.695. The summed E-state index contributed by atoms with van der Waals surface area (Å²) in [5, 5.41) is 10.1. The molecule has 4 aliphatic rings. The van der Waals surface area contributed by atoms with Gasteiger partial charge in [-0.25, -0.2) is 0 Å². The van der Waals surface area contributed by atoms with E-state index in [1.165, 1.54) is 11.8 Å². The van der Waals surface area contributed by atoms with Crippen LogP contribution in [0.2, 0.25) is 0 Å². The van der Waals surface area contributed by atoms with E-state index in [-0.39, 0.29) is 42.2 Å². The first-order chi connectivity index (χ1) is 17.8. The molecule has 2 saturated heterocycles. The summed E-state index contributed by atoms with van der Waals surface area (Å²) in [6, 6.07) is 5.86. The summed E-state index contributed by atoms with van der Waals surface area (Å²) in [7, 11) is 1.59. The Morgan fingerprint density at radius 3 is 2.59 bits per heavy atom. The van der Waals surface area contributed by atoms with Crippen molar-refractivity contribution in [1.29, 1.82) is 0 Å². The van der Waals surface area contributed by atoms with Gasteiger partial charge in [-0.1, -0.05) is 38.2 Å². The first kappa shape index (κ1) is 25.9. The number of amides is 2. The molecule has 1 aromatic rings. The molecule has 1 aromatic carbocycles. The number of anilines is 1. The molecule has 1 unspecified atom stereocenters. The van der Waals surface area contributed by atoms with Gasteiger partial charge in [-0.05, 0) is 43.0 Å². The van der Waals surface area contributed by atoms with Crippen LogP contribution >= 0.6 is 11.8 Å². The predicted molar refractivity (Wildman–Crippen MR) is 141 cm³/mol. The number of methoxy groups -OCH3 is 1. The molecular weight excluding hydrogens is 492 g/mol. The van der Waals surface area contributed by atoms with Crippen molar-refractivity contribution in [2.45, 2.75) is 48.8 Å². The van der Waals surface area contributed by atoms with Crippen molar-refractivity contribution < 1.29 is 29.0 Å². The van der Waals surface area contributed by atoms with Crippen LogP contribution in [0.25, 0.3) is 0 Å². The van der Waals surface area contributed by atoms with Crippen LogP contribution in [0.5, 0.6) is 5.75 Å². The molecule has 9 heteroatoms. The van der Waals surface area contributed by atoms with E-state index in [0.717, 1.165) is 0 Å². The largest absolute Gasteiger partial charge is 0.497 e. The topological polar surface area (TPSA) is 96.4 Å². The molecular formula is C28H34N2O6S. The first-order valence-corrected chi connectivity index (χ1v) is 13.8. The third kappa shape index (κ3) is 4.26. The number of cyclic esters (lactones) is 1. The number of carbonyl (C=O) groups is 3. The number of hydrogen-bond donors (Lipinski definition) is 1. The van der Waals surface area contributed by atoms with Gasteiger partial charge in [-0.2, -0.15) is 0 Å². The zero-order valence-electron chi connectivity index (χ0n) is 21.4. The van der Waals surface area contributed by atoms with E-state index in [1.807, 2.05) is 50.3 Å². The smallest absolute Gasteiger partial charge is 0.311 e. The van der Waals surface area contributed by atoms with E-state index >= 15 is 0 Å². The lowest BCUT2D eigenvalue weighted by molar-refractivity contribution is -0.153. The van der Waals surface area contributed by atoms with E-state index in [4.69, 9.17) is 9.47 Å². The van der Waals surface area contributed by atoms with Gasteiger partial charge in [0.25, 0.3) is 5.91 Å². The highest BCUT2D eigenvalue weighted by atomic mass is 32.2. The quantitative estimate of drug-likeness (QED) is 0.450. The lowest BCUT2D eigenvalue weighted by atomic mass is 9.78. The second-order valence-electron chi connectivity index (χ2n) is 10.5. The molecule has 8 nitrogen and oxygen atoms in total. The van der Waals surface area contributed by atoms with Gasteiger partial charge in [0.15, 0.2) is 0 Å². The minimum absolute atomic E-state index is 0.199. The molecule has 0 aromatic heterocycles. The third-order valence-electron chi connectivity index (χ3n) is 7.79. The molecule has 1 N–H and O–H groups in total. The second-order valence-corrected chi connectivity index (χ2v) is 12.0. The number of hydrogen-bond acceptors (Lipinski definition) is 7. The van der Waals surface area contributed by atoms with Gasteiger partial charge in [-0.15, -0.1) is 11.8 Å². The van der Waals surface area contributed by atoms with E-state index < -0.39 is 28.7 Å². The Hall–Kier alpha value is -2.78. The minimum atomic E-state index is -0.942. The summed E-state index contributed by atoms with van der Waals surface area (Å²) in [4.78, 5) is 45.2. The summed E-state index contributed by atoms with van der Waals surface area (Å²) in [5.74, 6) is -1.42. The number of aliphatic hydroxyl groups is 1. The van der Waals surface area contributed by atoms with Crippen LogP contribution in [-0.4, -0.2) is 76.7 Å². The van der Waals surface area contributed by atoms with Crippen molar-refractivity contribution in [2.24, 2.45) is 17.8 Å². The minimum Gasteiger partial charge on any atom is -0.497 e. The number of fused-ring (bicyclic) bond motifs is 2. The summed E-state index contributed by atoms with van der Waals surface area (Å²) >= 11 is 1.51. The lowest BCUT2D eigenvalue weighted by Gasteiger charge is -2.39. The molecule has 4 heterocycles. The van der Waals surface area contributed by atoms with Crippen LogP contribution in [0.3, 0.4) is 0 Å². The Balaban J connectivity index is 1.63. The number of benzene rings is 1. The molecule has 6 atom stereocenters. The normalized spacial score (nSPS) is 31.9. The lowest BCUT2D eigenvalue weighted by Crippen LogP contribution is -2.57. The van der Waals surface area contributed by atoms with E-state index in [0.29, 0.717) is 30.8 Å². The maximum absolute atomic E-state index is 14.4. The Bertz CT molecular complexity index is 1120. The molecule has 0 aliphatic carbocycles. The highest BCUT2D eigenvalue weighted by Gasteiger charge is 2.71. The molecule has 0 saturated carbocycles. The Morgan fingerprint density at radius 1 is 1.16 bits per heavy atom. The Morgan fingerprint density at radius 2 is 1.92 bits per heavy atom. The summed E-state index contributed by atoms with van der Waals surface area (Å²) in [6.45, 7) is 4.41. The highest BCUT2D eigenvalue weighted by molar-refractivity contribution is 8.02. The van der Waals surface area contributed by atoms with Gasteiger partial charge >= 0.3 is 5.97 Å². The fraction of sp³-hybridized carbons (Fsp3) is 0.536. The van der Waals surface area contributed by atoms with Crippen molar-refractivity contribution >= 4 is 35.2 Å². The molecule has 0 radical (unpaired) electrons. The van der Waals surface area contributed by atoms with Crippen LogP contribution in [0.1, 0.15) is 26.7 Å².